The molecule has 1 aromatic rings. The molecule has 0 amide bonds. The molecule has 0 spiro atoms. The summed E-state index contributed by atoms with van der Waals surface area (Å²) in [6.45, 7) is 0. The molecule has 0 aliphatic carbocycles. The van der Waals surface area contributed by atoms with Gasteiger partial charge in [0.2, 0.25) is 0 Å². The van der Waals surface area contributed by atoms with Gasteiger partial charge in [-0.25, -0.2) is 19.4 Å². The molecular weight excluding hydrogens is 221 g/mol. The summed E-state index contributed by atoms with van der Waals surface area (Å²) in [4.78, 5) is 16.3. The molecular formula is C11H8FN5. The summed E-state index contributed by atoms with van der Waals surface area (Å²) in [5, 5.41) is 3.08. The van der Waals surface area contributed by atoms with Gasteiger partial charge in [-0.3, -0.25) is 4.99 Å². The molecule has 0 saturated carbocycles. The van der Waals surface area contributed by atoms with Crippen molar-refractivity contribution in [2.75, 3.05) is 5.32 Å². The topological polar surface area (TPSA) is 61.5 Å². The number of nitrogens with zero attached hydrogens (tertiary/aromatic N) is 4. The van der Waals surface area contributed by atoms with Crippen LogP contribution < -0.4 is 5.32 Å². The van der Waals surface area contributed by atoms with Gasteiger partial charge in [0.05, 0.1) is 0 Å². The van der Waals surface area contributed by atoms with Crippen LogP contribution in [0.2, 0.25) is 0 Å². The van der Waals surface area contributed by atoms with Crippen molar-refractivity contribution in [2.45, 2.75) is 6.04 Å². The number of hydrogen-bond acceptors (Lipinski definition) is 5. The first kappa shape index (κ1) is 9.83. The van der Waals surface area contributed by atoms with Gasteiger partial charge < -0.3 is 5.32 Å². The number of halogens is 1. The van der Waals surface area contributed by atoms with Crippen LogP contribution in [0, 0.1) is 5.82 Å². The maximum absolute atomic E-state index is 12.8. The van der Waals surface area contributed by atoms with Gasteiger partial charge >= 0.3 is 0 Å². The van der Waals surface area contributed by atoms with Crippen molar-refractivity contribution < 1.29 is 4.39 Å². The molecule has 2 aliphatic heterocycles. The zero-order valence-electron chi connectivity index (χ0n) is 8.71. The second-order valence-corrected chi connectivity index (χ2v) is 3.55. The van der Waals surface area contributed by atoms with Gasteiger partial charge in [0.1, 0.15) is 24.3 Å². The van der Waals surface area contributed by atoms with Crippen LogP contribution in [0.1, 0.15) is 0 Å². The van der Waals surface area contributed by atoms with Crippen LogP contribution in [0.5, 0.6) is 0 Å². The molecule has 6 heteroatoms. The van der Waals surface area contributed by atoms with Gasteiger partial charge in [-0.1, -0.05) is 0 Å². The lowest BCUT2D eigenvalue weighted by molar-refractivity contribution is 0.628. The highest BCUT2D eigenvalue weighted by molar-refractivity contribution is 6.23. The quantitative estimate of drug-likeness (QED) is 0.779. The van der Waals surface area contributed by atoms with E-state index in [0.29, 0.717) is 11.7 Å². The first-order valence-electron chi connectivity index (χ1n) is 5.05. The molecule has 1 unspecified atom stereocenters. The predicted molar refractivity (Wildman–Crippen MR) is 65.7 cm³/mol. The SMILES string of the molecule is Fc1ccc(NC2=NC=NC3=NC=NC32)cc1. The van der Waals surface area contributed by atoms with Crippen LogP contribution in [0.3, 0.4) is 0 Å². The van der Waals surface area contributed by atoms with Crippen molar-refractivity contribution in [1.29, 1.82) is 0 Å². The maximum atomic E-state index is 12.8. The molecule has 1 aromatic carbocycles. The molecule has 0 aromatic heterocycles. The van der Waals surface area contributed by atoms with Crippen molar-refractivity contribution in [1.82, 2.24) is 0 Å². The predicted octanol–water partition coefficient (Wildman–Crippen LogP) is 1.49. The fourth-order valence-corrected chi connectivity index (χ4v) is 1.60. The standard InChI is InChI=1S/C11H8FN5/c12-7-1-3-8(4-2-7)17-11-9-10(14-5-13-9)15-6-16-11/h1-6,9H,(H,13,14,15,16,17). The molecule has 0 fully saturated rings. The molecule has 0 saturated heterocycles. The summed E-state index contributed by atoms with van der Waals surface area (Å²) < 4.78 is 12.8. The Labute approximate surface area is 96.5 Å². The van der Waals surface area contributed by atoms with Crippen LogP contribution in [-0.4, -0.2) is 30.4 Å². The molecule has 0 bridgehead atoms. The van der Waals surface area contributed by atoms with Crippen LogP contribution in [0.25, 0.3) is 0 Å². The van der Waals surface area contributed by atoms with Gasteiger partial charge in [-0.2, -0.15) is 0 Å². The van der Waals surface area contributed by atoms with E-state index in [1.165, 1.54) is 24.8 Å². The average Bonchev–Trinajstić information content (AvgIpc) is 2.81. The third-order valence-electron chi connectivity index (χ3n) is 2.41. The van der Waals surface area contributed by atoms with Crippen LogP contribution in [-0.2, 0) is 0 Å². The van der Waals surface area contributed by atoms with Crippen molar-refractivity contribution in [3.8, 4) is 0 Å². The third kappa shape index (κ3) is 1.84. The Balaban J connectivity index is 1.84. The van der Waals surface area contributed by atoms with E-state index in [-0.39, 0.29) is 11.9 Å². The Kier molecular flexibility index (Phi) is 2.25. The Morgan fingerprint density at radius 2 is 1.88 bits per heavy atom. The lowest BCUT2D eigenvalue weighted by Crippen LogP contribution is -2.33. The number of aliphatic imine (C=N–C) groups is 4. The second-order valence-electron chi connectivity index (χ2n) is 3.55. The van der Waals surface area contributed by atoms with Gasteiger partial charge in [0.15, 0.2) is 11.9 Å². The molecule has 17 heavy (non-hydrogen) atoms. The zero-order valence-corrected chi connectivity index (χ0v) is 8.71. The zero-order chi connectivity index (χ0) is 11.7. The summed E-state index contributed by atoms with van der Waals surface area (Å²) in [5.74, 6) is 0.979. The Hall–Kier alpha value is -2.37. The minimum absolute atomic E-state index is 0.273. The van der Waals surface area contributed by atoms with E-state index in [0.717, 1.165) is 5.69 Å². The van der Waals surface area contributed by atoms with Crippen LogP contribution >= 0.6 is 0 Å². The third-order valence-corrected chi connectivity index (χ3v) is 2.41. The molecule has 2 aliphatic rings. The summed E-state index contributed by atoms with van der Waals surface area (Å²) in [6.07, 6.45) is 2.89. The molecule has 84 valence electrons. The minimum atomic E-state index is -0.274. The number of benzene rings is 1. The van der Waals surface area contributed by atoms with E-state index < -0.39 is 0 Å². The average molecular weight is 229 g/mol. The van der Waals surface area contributed by atoms with Gasteiger partial charge in [-0.05, 0) is 24.3 Å². The Morgan fingerprint density at radius 1 is 1.06 bits per heavy atom. The molecule has 1 atom stereocenters. The van der Waals surface area contributed by atoms with E-state index >= 15 is 0 Å². The fourth-order valence-electron chi connectivity index (χ4n) is 1.60. The van der Waals surface area contributed by atoms with Crippen molar-refractivity contribution in [3.05, 3.63) is 30.1 Å². The number of nitrogens with one attached hydrogen (secondary N) is 1. The van der Waals surface area contributed by atoms with E-state index in [1.807, 2.05) is 0 Å². The summed E-state index contributed by atoms with van der Waals surface area (Å²) in [7, 11) is 0. The molecule has 5 nitrogen and oxygen atoms in total. The number of rotatable bonds is 1. The number of fused-ring (bicyclic) bond motifs is 1. The van der Waals surface area contributed by atoms with E-state index in [9.17, 15) is 4.39 Å². The van der Waals surface area contributed by atoms with Crippen LogP contribution in [0.15, 0.2) is 44.2 Å². The van der Waals surface area contributed by atoms with Crippen molar-refractivity contribution >= 4 is 30.0 Å². The summed E-state index contributed by atoms with van der Waals surface area (Å²) in [5.41, 5.74) is 0.752. The number of hydrogen-bond donors (Lipinski definition) is 1. The molecule has 3 rings (SSSR count). The fraction of sp³-hybridized carbons (Fsp3) is 0.0909. The summed E-state index contributed by atoms with van der Waals surface area (Å²) >= 11 is 0. The molecule has 1 N–H and O–H groups in total. The lowest BCUT2D eigenvalue weighted by Gasteiger charge is -2.15. The molecule has 0 radical (unpaired) electrons. The highest BCUT2D eigenvalue weighted by Gasteiger charge is 2.26. The van der Waals surface area contributed by atoms with Crippen molar-refractivity contribution in [3.63, 3.8) is 0 Å². The van der Waals surface area contributed by atoms with Gasteiger partial charge in [0, 0.05) is 5.69 Å². The van der Waals surface area contributed by atoms with Crippen molar-refractivity contribution in [2.24, 2.45) is 20.0 Å². The van der Waals surface area contributed by atoms with E-state index in [2.05, 4.69) is 25.3 Å². The van der Waals surface area contributed by atoms with Gasteiger partial charge in [0.25, 0.3) is 0 Å². The number of amidine groups is 2. The smallest absolute Gasteiger partial charge is 0.169 e. The molecule has 2 heterocycles. The lowest BCUT2D eigenvalue weighted by atomic mass is 10.2. The largest absolute Gasteiger partial charge is 0.341 e. The first-order valence-corrected chi connectivity index (χ1v) is 5.05. The Bertz CT molecular complexity index is 556. The highest BCUT2D eigenvalue weighted by Crippen LogP contribution is 2.14. The minimum Gasteiger partial charge on any atom is -0.341 e. The van der Waals surface area contributed by atoms with Crippen LogP contribution in [0.4, 0.5) is 10.1 Å². The van der Waals surface area contributed by atoms with E-state index in [1.54, 1.807) is 12.1 Å². The highest BCUT2D eigenvalue weighted by atomic mass is 19.1. The van der Waals surface area contributed by atoms with E-state index in [4.69, 9.17) is 0 Å². The maximum Gasteiger partial charge on any atom is 0.169 e. The normalized spacial score (nSPS) is 20.9. The summed E-state index contributed by atoms with van der Waals surface area (Å²) in [6, 6.07) is 5.77. The first-order chi connectivity index (χ1) is 8.33. The Morgan fingerprint density at radius 3 is 2.71 bits per heavy atom. The number of anilines is 1. The van der Waals surface area contributed by atoms with Gasteiger partial charge in [-0.15, -0.1) is 0 Å². The second kappa shape index (κ2) is 3.89. The monoisotopic (exact) mass is 229 g/mol.